The molecule has 0 aromatic carbocycles. The lowest BCUT2D eigenvalue weighted by Crippen LogP contribution is -2.12. The van der Waals surface area contributed by atoms with Crippen LogP contribution < -0.4 is 5.73 Å². The first-order valence-electron chi connectivity index (χ1n) is 4.28. The van der Waals surface area contributed by atoms with Crippen molar-refractivity contribution in [2.75, 3.05) is 13.2 Å². The molecule has 0 bridgehead atoms. The molecule has 0 unspecified atom stereocenters. The van der Waals surface area contributed by atoms with Crippen LogP contribution in [-0.4, -0.2) is 25.0 Å². The lowest BCUT2D eigenvalue weighted by Gasteiger charge is -2.00. The Bertz CT molecular complexity index is 180. The Labute approximate surface area is 77.9 Å². The zero-order valence-corrected chi connectivity index (χ0v) is 8.08. The molecule has 0 saturated heterocycles. The first-order valence-corrected chi connectivity index (χ1v) is 4.28. The molecule has 0 aliphatic heterocycles. The van der Waals surface area contributed by atoms with Crippen molar-refractivity contribution in [2.45, 2.75) is 26.7 Å². The van der Waals surface area contributed by atoms with E-state index in [2.05, 4.69) is 14.7 Å². The summed E-state index contributed by atoms with van der Waals surface area (Å²) >= 11 is 0. The summed E-state index contributed by atoms with van der Waals surface area (Å²) in [7, 11) is 0. The summed E-state index contributed by atoms with van der Waals surface area (Å²) in [6, 6.07) is 0. The number of nitrogens with two attached hydrogens (primary N) is 1. The topological polar surface area (TPSA) is 73.9 Å². The van der Waals surface area contributed by atoms with Crippen LogP contribution in [0.3, 0.4) is 0 Å². The lowest BCUT2D eigenvalue weighted by atomic mass is 10.4. The van der Waals surface area contributed by atoms with Gasteiger partial charge < -0.3 is 10.5 Å². The van der Waals surface area contributed by atoms with E-state index in [1.165, 1.54) is 0 Å². The smallest absolute Gasteiger partial charge is 0.433 e. The Balaban J connectivity index is 3.51. The van der Waals surface area contributed by atoms with Crippen molar-refractivity contribution < 1.29 is 14.4 Å². The average molecular weight is 188 g/mol. The number of carbonyl (C=O) groups is 1. The third kappa shape index (κ3) is 7.27. The van der Waals surface area contributed by atoms with E-state index in [4.69, 9.17) is 5.73 Å². The van der Waals surface area contributed by atoms with Crippen molar-refractivity contribution in [3.63, 3.8) is 0 Å². The van der Waals surface area contributed by atoms with Gasteiger partial charge in [0.2, 0.25) is 0 Å². The maximum Gasteiger partial charge on any atom is 0.535 e. The zero-order chi connectivity index (χ0) is 10.1. The van der Waals surface area contributed by atoms with E-state index in [0.717, 1.165) is 12.8 Å². The number of oxime groups is 1. The Hall–Kier alpha value is -1.10. The minimum absolute atomic E-state index is 0.266. The second kappa shape index (κ2) is 7.54. The maximum absolute atomic E-state index is 10.7. The third-order valence-electron chi connectivity index (χ3n) is 1.29. The second-order valence-corrected chi connectivity index (χ2v) is 2.57. The molecule has 0 aromatic rings. The molecule has 0 atom stereocenters. The molecule has 76 valence electrons. The highest BCUT2D eigenvalue weighted by molar-refractivity contribution is 5.83. The predicted molar refractivity (Wildman–Crippen MR) is 49.5 cm³/mol. The van der Waals surface area contributed by atoms with Crippen LogP contribution in [0.1, 0.15) is 26.7 Å². The van der Waals surface area contributed by atoms with Crippen LogP contribution >= 0.6 is 0 Å². The Morgan fingerprint density at radius 3 is 2.77 bits per heavy atom. The molecule has 0 spiro atoms. The number of ether oxygens (including phenoxy) is 1. The standard InChI is InChI=1S/C8H16N2O3/c1-3-4-5-12-8(11)13-10-7(2)6-9/h3-6,9H2,1-2H3/b10-7+. The van der Waals surface area contributed by atoms with Gasteiger partial charge in [-0.25, -0.2) is 4.79 Å². The van der Waals surface area contributed by atoms with Gasteiger partial charge in [-0.1, -0.05) is 18.5 Å². The van der Waals surface area contributed by atoms with Crippen molar-refractivity contribution >= 4 is 11.9 Å². The molecule has 0 amide bonds. The van der Waals surface area contributed by atoms with Gasteiger partial charge in [-0.15, -0.1) is 0 Å². The van der Waals surface area contributed by atoms with E-state index in [-0.39, 0.29) is 6.54 Å². The molecule has 0 radical (unpaired) electrons. The molecule has 0 aromatic heterocycles. The van der Waals surface area contributed by atoms with Gasteiger partial charge in [0, 0.05) is 6.54 Å². The fourth-order valence-corrected chi connectivity index (χ4v) is 0.479. The van der Waals surface area contributed by atoms with Gasteiger partial charge in [0.05, 0.1) is 12.3 Å². The van der Waals surface area contributed by atoms with Crippen LogP contribution in [0.25, 0.3) is 0 Å². The molecule has 5 heteroatoms. The van der Waals surface area contributed by atoms with E-state index in [1.807, 2.05) is 6.92 Å². The molecule has 0 rings (SSSR count). The summed E-state index contributed by atoms with van der Waals surface area (Å²) in [5.41, 5.74) is 5.77. The van der Waals surface area contributed by atoms with E-state index in [1.54, 1.807) is 6.92 Å². The summed E-state index contributed by atoms with van der Waals surface area (Å²) in [5.74, 6) is 0. The van der Waals surface area contributed by atoms with Gasteiger partial charge in [0.1, 0.15) is 0 Å². The summed E-state index contributed by atoms with van der Waals surface area (Å²) < 4.78 is 4.67. The van der Waals surface area contributed by atoms with E-state index < -0.39 is 6.16 Å². The molecule has 2 N–H and O–H groups in total. The minimum atomic E-state index is -0.777. The molecule has 0 fully saturated rings. The van der Waals surface area contributed by atoms with E-state index in [9.17, 15) is 4.79 Å². The molecular formula is C8H16N2O3. The summed E-state index contributed by atoms with van der Waals surface area (Å²) in [5, 5.41) is 3.44. The molecule has 0 aliphatic rings. The fraction of sp³-hybridized carbons (Fsp3) is 0.750. The van der Waals surface area contributed by atoms with Crippen LogP contribution in [0.4, 0.5) is 4.79 Å². The fourth-order valence-electron chi connectivity index (χ4n) is 0.479. The van der Waals surface area contributed by atoms with E-state index >= 15 is 0 Å². The van der Waals surface area contributed by atoms with Crippen molar-refractivity contribution in [3.05, 3.63) is 0 Å². The highest BCUT2D eigenvalue weighted by atomic mass is 16.8. The quantitative estimate of drug-likeness (QED) is 0.232. The largest absolute Gasteiger partial charge is 0.535 e. The number of nitrogens with zero attached hydrogens (tertiary/aromatic N) is 1. The summed E-state index contributed by atoms with van der Waals surface area (Å²) in [6.07, 6.45) is 1.02. The Morgan fingerprint density at radius 1 is 1.54 bits per heavy atom. The van der Waals surface area contributed by atoms with Crippen LogP contribution in [0.2, 0.25) is 0 Å². The van der Waals surface area contributed by atoms with Gasteiger partial charge >= 0.3 is 6.16 Å². The highest BCUT2D eigenvalue weighted by Crippen LogP contribution is 1.92. The van der Waals surface area contributed by atoms with E-state index in [0.29, 0.717) is 12.3 Å². The zero-order valence-electron chi connectivity index (χ0n) is 8.08. The van der Waals surface area contributed by atoms with Gasteiger partial charge in [-0.05, 0) is 13.3 Å². The molecule has 5 nitrogen and oxygen atoms in total. The highest BCUT2D eigenvalue weighted by Gasteiger charge is 2.01. The van der Waals surface area contributed by atoms with Gasteiger partial charge in [0.15, 0.2) is 0 Å². The first kappa shape index (κ1) is 11.9. The first-order chi connectivity index (χ1) is 6.20. The van der Waals surface area contributed by atoms with Crippen molar-refractivity contribution in [1.29, 1.82) is 0 Å². The van der Waals surface area contributed by atoms with Gasteiger partial charge in [0.25, 0.3) is 0 Å². The number of rotatable bonds is 5. The SMILES string of the molecule is CCCCOC(=O)O/N=C(\C)CN. The number of hydrogen-bond donors (Lipinski definition) is 1. The number of hydrogen-bond acceptors (Lipinski definition) is 5. The van der Waals surface area contributed by atoms with Crippen molar-refractivity contribution in [1.82, 2.24) is 0 Å². The monoisotopic (exact) mass is 188 g/mol. The summed E-state index contributed by atoms with van der Waals surface area (Å²) in [6.45, 7) is 4.31. The lowest BCUT2D eigenvalue weighted by molar-refractivity contribution is 0.0564. The molecule has 0 aliphatic carbocycles. The third-order valence-corrected chi connectivity index (χ3v) is 1.29. The van der Waals surface area contributed by atoms with Crippen molar-refractivity contribution in [3.8, 4) is 0 Å². The van der Waals surface area contributed by atoms with Crippen LogP contribution in [0.5, 0.6) is 0 Å². The molecule has 13 heavy (non-hydrogen) atoms. The molecule has 0 saturated carbocycles. The summed E-state index contributed by atoms with van der Waals surface area (Å²) in [4.78, 5) is 15.1. The predicted octanol–water partition coefficient (Wildman–Crippen LogP) is 1.27. The average Bonchev–Trinajstić information content (AvgIpc) is 2.14. The van der Waals surface area contributed by atoms with Crippen LogP contribution in [0, 0.1) is 0 Å². The molecule has 0 heterocycles. The minimum Gasteiger partial charge on any atom is -0.433 e. The Kier molecular flexibility index (Phi) is 6.91. The van der Waals surface area contributed by atoms with Gasteiger partial charge in [-0.2, -0.15) is 0 Å². The Morgan fingerprint density at radius 2 is 2.23 bits per heavy atom. The van der Waals surface area contributed by atoms with Crippen LogP contribution in [0.15, 0.2) is 5.16 Å². The normalized spacial score (nSPS) is 11.2. The maximum atomic E-state index is 10.7. The number of unbranched alkanes of at least 4 members (excludes halogenated alkanes) is 1. The molecular weight excluding hydrogens is 172 g/mol. The van der Waals surface area contributed by atoms with Crippen molar-refractivity contribution in [2.24, 2.45) is 10.9 Å². The number of carbonyl (C=O) groups excluding carboxylic acids is 1. The van der Waals surface area contributed by atoms with Crippen LogP contribution in [-0.2, 0) is 9.57 Å². The van der Waals surface area contributed by atoms with Gasteiger partial charge in [-0.3, -0.25) is 4.84 Å². The second-order valence-electron chi connectivity index (χ2n) is 2.57.